The lowest BCUT2D eigenvalue weighted by atomic mass is 10.2. The molecule has 1 saturated heterocycles. The fourth-order valence-corrected chi connectivity index (χ4v) is 3.89. The molecule has 1 heterocycles. The largest absolute Gasteiger partial charge is 0.366 e. The summed E-state index contributed by atoms with van der Waals surface area (Å²) >= 11 is 2.45. The van der Waals surface area contributed by atoms with Gasteiger partial charge in [-0.3, -0.25) is 9.69 Å². The van der Waals surface area contributed by atoms with Gasteiger partial charge in [0.25, 0.3) is 5.91 Å². The van der Waals surface area contributed by atoms with Crippen molar-refractivity contribution in [3.63, 3.8) is 0 Å². The highest BCUT2D eigenvalue weighted by Gasteiger charge is 2.43. The number of nitrogens with zero attached hydrogens (tertiary/aromatic N) is 1. The number of rotatable bonds is 5. The molecule has 0 aromatic heterocycles. The molecule has 2 atom stereocenters. The summed E-state index contributed by atoms with van der Waals surface area (Å²) in [6, 6.07) is 9.33. The number of carbonyl (C=O) groups is 1. The lowest BCUT2D eigenvalue weighted by Gasteiger charge is -2.35. The quantitative estimate of drug-likeness (QED) is 0.479. The van der Waals surface area contributed by atoms with Crippen molar-refractivity contribution in [3.8, 4) is 0 Å². The molecular weight excluding hydrogens is 367 g/mol. The van der Waals surface area contributed by atoms with Crippen LogP contribution in [-0.2, 0) is 4.74 Å². The van der Waals surface area contributed by atoms with Gasteiger partial charge in [0, 0.05) is 19.2 Å². The zero-order valence-electron chi connectivity index (χ0n) is 11.9. The van der Waals surface area contributed by atoms with E-state index in [1.807, 2.05) is 30.3 Å². The predicted octanol–water partition coefficient (Wildman–Crippen LogP) is 2.64. The number of carbonyl (C=O) groups excluding carboxylic acids is 1. The molecule has 5 heteroatoms. The van der Waals surface area contributed by atoms with E-state index in [0.29, 0.717) is 12.1 Å². The van der Waals surface area contributed by atoms with E-state index in [1.54, 1.807) is 7.11 Å². The Bertz CT molecular complexity index is 454. The number of benzene rings is 1. The van der Waals surface area contributed by atoms with Crippen molar-refractivity contribution in [2.75, 3.05) is 20.2 Å². The summed E-state index contributed by atoms with van der Waals surface area (Å²) in [5.74, 6) is -0.0152. The molecule has 1 aromatic rings. The van der Waals surface area contributed by atoms with Crippen LogP contribution >= 0.6 is 22.6 Å². The SMILES string of the molecule is CCN1C(OC)CCC1(I)CNC(=O)c1ccccc1. The molecule has 0 spiro atoms. The van der Waals surface area contributed by atoms with Crippen molar-refractivity contribution in [2.24, 2.45) is 0 Å². The van der Waals surface area contributed by atoms with Crippen LogP contribution in [0.5, 0.6) is 0 Å². The van der Waals surface area contributed by atoms with Crippen molar-refractivity contribution < 1.29 is 9.53 Å². The van der Waals surface area contributed by atoms with Crippen LogP contribution in [0.25, 0.3) is 0 Å². The summed E-state index contributed by atoms with van der Waals surface area (Å²) in [5, 5.41) is 3.05. The standard InChI is InChI=1S/C15H21IN2O2/c1-3-18-13(20-2)9-10-15(18,16)11-17-14(19)12-7-5-4-6-8-12/h4-8,13H,3,9-11H2,1-2H3,(H,17,19). The molecule has 1 aliphatic rings. The van der Waals surface area contributed by atoms with Gasteiger partial charge >= 0.3 is 0 Å². The van der Waals surface area contributed by atoms with Crippen molar-refractivity contribution in [1.29, 1.82) is 0 Å². The van der Waals surface area contributed by atoms with Crippen LogP contribution in [0.3, 0.4) is 0 Å². The molecule has 110 valence electrons. The predicted molar refractivity (Wildman–Crippen MR) is 87.9 cm³/mol. The van der Waals surface area contributed by atoms with Gasteiger partial charge in [0.05, 0.1) is 3.55 Å². The maximum absolute atomic E-state index is 12.1. The third kappa shape index (κ3) is 3.32. The summed E-state index contributed by atoms with van der Waals surface area (Å²) in [4.78, 5) is 14.4. The van der Waals surface area contributed by atoms with E-state index < -0.39 is 0 Å². The average Bonchev–Trinajstić information content (AvgIpc) is 2.82. The second kappa shape index (κ2) is 6.87. The minimum atomic E-state index is -0.0579. The van der Waals surface area contributed by atoms with Gasteiger partial charge in [0.2, 0.25) is 0 Å². The van der Waals surface area contributed by atoms with Crippen molar-refractivity contribution in [1.82, 2.24) is 10.2 Å². The molecule has 1 fully saturated rings. The van der Waals surface area contributed by atoms with E-state index in [9.17, 15) is 4.79 Å². The van der Waals surface area contributed by atoms with Gasteiger partial charge < -0.3 is 10.1 Å². The normalized spacial score (nSPS) is 26.6. The summed E-state index contributed by atoms with van der Waals surface area (Å²) < 4.78 is 5.45. The third-order valence-corrected chi connectivity index (χ3v) is 5.35. The average molecular weight is 388 g/mol. The van der Waals surface area contributed by atoms with E-state index >= 15 is 0 Å². The third-order valence-electron chi connectivity index (χ3n) is 3.81. The summed E-state index contributed by atoms with van der Waals surface area (Å²) in [7, 11) is 1.75. The highest BCUT2D eigenvalue weighted by Crippen LogP contribution is 2.39. The van der Waals surface area contributed by atoms with Crippen LogP contribution in [-0.4, -0.2) is 40.8 Å². The Balaban J connectivity index is 1.98. The highest BCUT2D eigenvalue weighted by molar-refractivity contribution is 14.1. The van der Waals surface area contributed by atoms with E-state index in [-0.39, 0.29) is 15.7 Å². The molecule has 2 unspecified atom stereocenters. The van der Waals surface area contributed by atoms with Gasteiger partial charge in [-0.15, -0.1) is 0 Å². The molecule has 1 amide bonds. The molecule has 0 aliphatic carbocycles. The van der Waals surface area contributed by atoms with E-state index in [4.69, 9.17) is 4.74 Å². The smallest absolute Gasteiger partial charge is 0.251 e. The fourth-order valence-electron chi connectivity index (χ4n) is 2.73. The first-order valence-electron chi connectivity index (χ1n) is 6.92. The molecule has 1 aromatic carbocycles. The molecule has 1 aliphatic heterocycles. The second-order valence-corrected chi connectivity index (χ2v) is 6.99. The highest BCUT2D eigenvalue weighted by atomic mass is 127. The first-order chi connectivity index (χ1) is 9.60. The maximum Gasteiger partial charge on any atom is 0.251 e. The number of alkyl halides is 1. The fraction of sp³-hybridized carbons (Fsp3) is 0.533. The van der Waals surface area contributed by atoms with Crippen LogP contribution in [0.4, 0.5) is 0 Å². The van der Waals surface area contributed by atoms with Crippen molar-refractivity contribution >= 4 is 28.5 Å². The number of likely N-dealkylation sites (N-methyl/N-ethyl adjacent to an activating group) is 1. The minimum absolute atomic E-state index is 0.0152. The number of hydrogen-bond donors (Lipinski definition) is 1. The van der Waals surface area contributed by atoms with Crippen LogP contribution in [0.15, 0.2) is 30.3 Å². The lowest BCUT2D eigenvalue weighted by Crippen LogP contribution is -2.50. The number of amides is 1. The van der Waals surface area contributed by atoms with E-state index in [2.05, 4.69) is 39.7 Å². The number of halogens is 1. The topological polar surface area (TPSA) is 41.6 Å². The lowest BCUT2D eigenvalue weighted by molar-refractivity contribution is -0.0193. The molecule has 4 nitrogen and oxygen atoms in total. The second-order valence-electron chi connectivity index (χ2n) is 4.98. The Morgan fingerprint density at radius 2 is 2.20 bits per heavy atom. The Morgan fingerprint density at radius 1 is 1.50 bits per heavy atom. The number of nitrogens with one attached hydrogen (secondary N) is 1. The summed E-state index contributed by atoms with van der Waals surface area (Å²) in [6.07, 6.45) is 2.19. The monoisotopic (exact) mass is 388 g/mol. The van der Waals surface area contributed by atoms with Crippen LogP contribution < -0.4 is 5.32 Å². The van der Waals surface area contributed by atoms with E-state index in [0.717, 1.165) is 19.4 Å². The van der Waals surface area contributed by atoms with Crippen molar-refractivity contribution in [3.05, 3.63) is 35.9 Å². The minimum Gasteiger partial charge on any atom is -0.366 e. The summed E-state index contributed by atoms with van der Waals surface area (Å²) in [6.45, 7) is 3.68. The maximum atomic E-state index is 12.1. The molecule has 2 rings (SSSR count). The van der Waals surface area contributed by atoms with Gasteiger partial charge in [0.1, 0.15) is 6.23 Å². The number of methoxy groups -OCH3 is 1. The summed E-state index contributed by atoms with van der Waals surface area (Å²) in [5.41, 5.74) is 0.705. The van der Waals surface area contributed by atoms with Crippen LogP contribution in [0.1, 0.15) is 30.1 Å². The molecule has 0 radical (unpaired) electrons. The van der Waals surface area contributed by atoms with Gasteiger partial charge in [-0.05, 0) is 31.5 Å². The van der Waals surface area contributed by atoms with Crippen LogP contribution in [0, 0.1) is 0 Å². The first-order valence-corrected chi connectivity index (χ1v) is 8.00. The van der Waals surface area contributed by atoms with Crippen LogP contribution in [0.2, 0.25) is 0 Å². The molecule has 0 saturated carbocycles. The van der Waals surface area contributed by atoms with Gasteiger partial charge in [-0.2, -0.15) is 0 Å². The Hall–Kier alpha value is -0.660. The molecule has 1 N–H and O–H groups in total. The number of likely N-dealkylation sites (tertiary alicyclic amines) is 1. The van der Waals surface area contributed by atoms with Gasteiger partial charge in [-0.25, -0.2) is 0 Å². The van der Waals surface area contributed by atoms with Gasteiger partial charge in [-0.1, -0.05) is 47.7 Å². The molecule has 0 bridgehead atoms. The zero-order valence-corrected chi connectivity index (χ0v) is 14.1. The van der Waals surface area contributed by atoms with E-state index in [1.165, 1.54) is 0 Å². The van der Waals surface area contributed by atoms with Crippen molar-refractivity contribution in [2.45, 2.75) is 29.5 Å². The van der Waals surface area contributed by atoms with Gasteiger partial charge in [0.15, 0.2) is 0 Å². The Labute approximate surface area is 134 Å². The Morgan fingerprint density at radius 3 is 2.80 bits per heavy atom. The molecular formula is C15H21IN2O2. The Kier molecular flexibility index (Phi) is 5.40. The molecule has 20 heavy (non-hydrogen) atoms. The number of hydrogen-bond acceptors (Lipinski definition) is 3. The zero-order chi connectivity index (χ0) is 14.6. The number of ether oxygens (including phenoxy) is 1. The first kappa shape index (κ1) is 15.7.